The molecule has 17 heavy (non-hydrogen) atoms. The zero-order valence-electron chi connectivity index (χ0n) is 10.5. The van der Waals surface area contributed by atoms with Gasteiger partial charge in [0.2, 0.25) is 18.1 Å². The molecule has 0 aromatic rings. The summed E-state index contributed by atoms with van der Waals surface area (Å²) < 4.78 is 0. The van der Waals surface area contributed by atoms with Crippen LogP contribution >= 0.6 is 0 Å². The van der Waals surface area contributed by atoms with Gasteiger partial charge in [-0.25, -0.2) is 0 Å². The molecule has 1 aliphatic rings. The highest BCUT2D eigenvalue weighted by molar-refractivity contribution is 5.89. The molecule has 0 spiro atoms. The van der Waals surface area contributed by atoms with Crippen molar-refractivity contribution in [2.45, 2.75) is 45.7 Å². The van der Waals surface area contributed by atoms with E-state index in [2.05, 4.69) is 5.32 Å². The standard InChI is InChI=1S/C12H19N2O3/c1-8(2)10(7-15)13-12(17)11-5-4-6-14(11)9(3)16/h8,10-11H,4-6H2,1-3H3,(H,13,17)/t10-,11+/m1/s1. The van der Waals surface area contributed by atoms with Crippen LogP contribution in [-0.2, 0) is 14.4 Å². The molecule has 1 fully saturated rings. The molecule has 0 bridgehead atoms. The fourth-order valence-electron chi connectivity index (χ4n) is 2.00. The van der Waals surface area contributed by atoms with Crippen LogP contribution in [-0.4, -0.2) is 41.6 Å². The molecule has 5 heteroatoms. The maximum absolute atomic E-state index is 12.0. The van der Waals surface area contributed by atoms with Crippen LogP contribution in [0.3, 0.4) is 0 Å². The summed E-state index contributed by atoms with van der Waals surface area (Å²) in [5.74, 6) is -0.345. The number of carbonyl (C=O) groups excluding carboxylic acids is 3. The number of carbonyl (C=O) groups is 2. The van der Waals surface area contributed by atoms with Crippen molar-refractivity contribution in [3.63, 3.8) is 0 Å². The third-order valence-corrected chi connectivity index (χ3v) is 3.05. The Bertz CT molecular complexity index is 315. The third kappa shape index (κ3) is 3.28. The Morgan fingerprint density at radius 1 is 1.41 bits per heavy atom. The molecule has 2 amide bonds. The molecule has 2 atom stereocenters. The quantitative estimate of drug-likeness (QED) is 0.764. The lowest BCUT2D eigenvalue weighted by atomic mass is 10.1. The molecule has 1 saturated heterocycles. The zero-order chi connectivity index (χ0) is 13.0. The molecule has 1 heterocycles. The van der Waals surface area contributed by atoms with Crippen LogP contribution in [0, 0.1) is 5.92 Å². The summed E-state index contributed by atoms with van der Waals surface area (Å²) in [5.41, 5.74) is 0. The lowest BCUT2D eigenvalue weighted by Crippen LogP contribution is -2.50. The van der Waals surface area contributed by atoms with Crippen molar-refractivity contribution in [2.75, 3.05) is 6.54 Å². The smallest absolute Gasteiger partial charge is 0.243 e. The molecule has 5 nitrogen and oxygen atoms in total. The largest absolute Gasteiger partial charge is 0.344 e. The first-order chi connectivity index (χ1) is 7.97. The number of amides is 2. The molecule has 0 unspecified atom stereocenters. The summed E-state index contributed by atoms with van der Waals surface area (Å²) in [4.78, 5) is 35.5. The summed E-state index contributed by atoms with van der Waals surface area (Å²) in [7, 11) is 0. The number of likely N-dealkylation sites (tertiary alicyclic amines) is 1. The molecular formula is C12H19N2O3. The van der Waals surface area contributed by atoms with Gasteiger partial charge >= 0.3 is 0 Å². The van der Waals surface area contributed by atoms with E-state index in [0.29, 0.717) is 13.0 Å². The highest BCUT2D eigenvalue weighted by atomic mass is 16.2. The average Bonchev–Trinajstić information content (AvgIpc) is 2.73. The van der Waals surface area contributed by atoms with E-state index in [1.54, 1.807) is 4.90 Å². The Hall–Kier alpha value is -1.39. The van der Waals surface area contributed by atoms with Gasteiger partial charge in [-0.3, -0.25) is 14.4 Å². The maximum atomic E-state index is 12.0. The van der Waals surface area contributed by atoms with Crippen LogP contribution in [0.5, 0.6) is 0 Å². The molecule has 95 valence electrons. The Morgan fingerprint density at radius 3 is 2.53 bits per heavy atom. The van der Waals surface area contributed by atoms with E-state index in [1.807, 2.05) is 20.1 Å². The number of rotatable bonds is 4. The number of nitrogens with zero attached hydrogens (tertiary/aromatic N) is 1. The molecule has 1 aliphatic heterocycles. The van der Waals surface area contributed by atoms with Crippen molar-refractivity contribution in [3.8, 4) is 0 Å². The minimum Gasteiger partial charge on any atom is -0.344 e. The second kappa shape index (κ2) is 5.80. The van der Waals surface area contributed by atoms with Gasteiger partial charge in [0.15, 0.2) is 0 Å². The lowest BCUT2D eigenvalue weighted by molar-refractivity contribution is -0.137. The van der Waals surface area contributed by atoms with E-state index in [-0.39, 0.29) is 17.7 Å². The van der Waals surface area contributed by atoms with Gasteiger partial charge < -0.3 is 10.2 Å². The molecule has 0 saturated carbocycles. The molecule has 0 aromatic heterocycles. The van der Waals surface area contributed by atoms with Crippen molar-refractivity contribution >= 4 is 18.1 Å². The van der Waals surface area contributed by atoms with Crippen molar-refractivity contribution < 1.29 is 14.4 Å². The fraction of sp³-hybridized carbons (Fsp3) is 0.750. The van der Waals surface area contributed by atoms with Crippen LogP contribution < -0.4 is 5.32 Å². The van der Waals surface area contributed by atoms with Crippen LogP contribution in [0.25, 0.3) is 0 Å². The first-order valence-corrected chi connectivity index (χ1v) is 5.92. The summed E-state index contributed by atoms with van der Waals surface area (Å²) >= 11 is 0. The normalized spacial score (nSPS) is 21.4. The Kier molecular flexibility index (Phi) is 4.66. The molecule has 1 N–H and O–H groups in total. The van der Waals surface area contributed by atoms with Crippen LogP contribution in [0.15, 0.2) is 0 Å². The first-order valence-electron chi connectivity index (χ1n) is 5.92. The van der Waals surface area contributed by atoms with E-state index >= 15 is 0 Å². The van der Waals surface area contributed by atoms with E-state index in [0.717, 1.165) is 6.42 Å². The maximum Gasteiger partial charge on any atom is 0.243 e. The Labute approximate surface area is 102 Å². The van der Waals surface area contributed by atoms with Gasteiger partial charge in [0.05, 0.1) is 6.04 Å². The third-order valence-electron chi connectivity index (χ3n) is 3.05. The Balaban J connectivity index is 2.63. The van der Waals surface area contributed by atoms with E-state index in [4.69, 9.17) is 0 Å². The van der Waals surface area contributed by atoms with E-state index in [9.17, 15) is 14.4 Å². The summed E-state index contributed by atoms with van der Waals surface area (Å²) in [6.45, 7) is 5.75. The second-order valence-electron chi connectivity index (χ2n) is 4.72. The fourth-order valence-corrected chi connectivity index (χ4v) is 2.00. The lowest BCUT2D eigenvalue weighted by Gasteiger charge is -2.24. The summed E-state index contributed by atoms with van der Waals surface area (Å²) in [6, 6.07) is -1.03. The predicted molar refractivity (Wildman–Crippen MR) is 62.9 cm³/mol. The second-order valence-corrected chi connectivity index (χ2v) is 4.72. The molecule has 1 radical (unpaired) electrons. The van der Waals surface area contributed by atoms with Crippen LogP contribution in [0.1, 0.15) is 33.6 Å². The van der Waals surface area contributed by atoms with Gasteiger partial charge in [0.1, 0.15) is 6.04 Å². The van der Waals surface area contributed by atoms with Gasteiger partial charge in [0, 0.05) is 13.5 Å². The highest BCUT2D eigenvalue weighted by Crippen LogP contribution is 2.17. The van der Waals surface area contributed by atoms with E-state index in [1.165, 1.54) is 6.92 Å². The molecule has 0 aliphatic carbocycles. The number of hydrogen-bond acceptors (Lipinski definition) is 3. The molecular weight excluding hydrogens is 220 g/mol. The van der Waals surface area contributed by atoms with Crippen molar-refractivity contribution in [3.05, 3.63) is 0 Å². The van der Waals surface area contributed by atoms with Gasteiger partial charge in [-0.2, -0.15) is 0 Å². The summed E-state index contributed by atoms with van der Waals surface area (Å²) in [5, 5.41) is 2.64. The predicted octanol–water partition coefficient (Wildman–Crippen LogP) is 0.248. The van der Waals surface area contributed by atoms with Gasteiger partial charge in [-0.15, -0.1) is 0 Å². The van der Waals surface area contributed by atoms with Gasteiger partial charge in [0.25, 0.3) is 0 Å². The summed E-state index contributed by atoms with van der Waals surface area (Å²) in [6.07, 6.45) is 3.30. The van der Waals surface area contributed by atoms with Crippen LogP contribution in [0.4, 0.5) is 0 Å². The van der Waals surface area contributed by atoms with Crippen LogP contribution in [0.2, 0.25) is 0 Å². The van der Waals surface area contributed by atoms with Gasteiger partial charge in [-0.05, 0) is 18.8 Å². The highest BCUT2D eigenvalue weighted by Gasteiger charge is 2.33. The Morgan fingerprint density at radius 2 is 2.06 bits per heavy atom. The van der Waals surface area contributed by atoms with Crippen molar-refractivity contribution in [1.82, 2.24) is 10.2 Å². The molecule has 0 aromatic carbocycles. The number of nitrogens with one attached hydrogen (secondary N) is 1. The van der Waals surface area contributed by atoms with Crippen molar-refractivity contribution in [1.29, 1.82) is 0 Å². The number of hydrogen-bond donors (Lipinski definition) is 1. The topological polar surface area (TPSA) is 66.5 Å². The minimum absolute atomic E-state index is 0.00336. The zero-order valence-corrected chi connectivity index (χ0v) is 10.5. The van der Waals surface area contributed by atoms with E-state index < -0.39 is 12.1 Å². The average molecular weight is 239 g/mol. The minimum atomic E-state index is -0.600. The first kappa shape index (κ1) is 13.7. The monoisotopic (exact) mass is 239 g/mol. The molecule has 1 rings (SSSR count). The van der Waals surface area contributed by atoms with Gasteiger partial charge in [-0.1, -0.05) is 13.8 Å². The SMILES string of the molecule is CC(=O)N1CCC[C@H]1C(=O)N[C@H]([C]=O)C(C)C. The van der Waals surface area contributed by atoms with Crippen molar-refractivity contribution in [2.24, 2.45) is 5.92 Å².